The van der Waals surface area contributed by atoms with E-state index in [1.807, 2.05) is 18.2 Å². The van der Waals surface area contributed by atoms with Crippen LogP contribution >= 0.6 is 0 Å². The van der Waals surface area contributed by atoms with Crippen LogP contribution in [0.15, 0.2) is 58.7 Å². The van der Waals surface area contributed by atoms with Gasteiger partial charge in [-0.2, -0.15) is 5.10 Å². The summed E-state index contributed by atoms with van der Waals surface area (Å²) in [5, 5.41) is 17.4. The van der Waals surface area contributed by atoms with Gasteiger partial charge in [-0.15, -0.1) is 0 Å². The highest BCUT2D eigenvalue weighted by molar-refractivity contribution is 6.22. The maximum Gasteiger partial charge on any atom is 0.223 e. The minimum absolute atomic E-state index is 0.103. The van der Waals surface area contributed by atoms with Crippen molar-refractivity contribution in [2.24, 2.45) is 4.99 Å². The van der Waals surface area contributed by atoms with E-state index in [1.54, 1.807) is 6.20 Å². The molecule has 0 atom stereocenters. The molecule has 7 nitrogen and oxygen atoms in total. The molecule has 2 aromatic heterocycles. The van der Waals surface area contributed by atoms with Gasteiger partial charge in [-0.05, 0) is 6.07 Å². The third-order valence-corrected chi connectivity index (χ3v) is 3.84. The molecule has 118 valence electrons. The highest BCUT2D eigenvalue weighted by Gasteiger charge is 2.18. The molecule has 4 rings (SSSR count). The lowest BCUT2D eigenvalue weighted by Gasteiger charge is -2.15. The Labute approximate surface area is 135 Å². The van der Waals surface area contributed by atoms with Crippen LogP contribution in [-0.4, -0.2) is 31.4 Å². The number of nitrogens with zero attached hydrogens (tertiary/aromatic N) is 3. The molecule has 0 amide bonds. The predicted octanol–water partition coefficient (Wildman–Crippen LogP) is 1.69. The van der Waals surface area contributed by atoms with Crippen molar-refractivity contribution in [1.82, 2.24) is 14.8 Å². The Kier molecular flexibility index (Phi) is 3.13. The topological polar surface area (TPSA) is 100 Å². The minimum atomic E-state index is -0.485. The second-order valence-corrected chi connectivity index (χ2v) is 5.44. The molecule has 1 aliphatic rings. The largest absolute Gasteiger partial charge is 0.503 e. The standard InChI is InChI=1S/C17H12N4O3/c22-10-6-14(11-2-1-3-13-12(11)8-18-20-13)19-17(7-10)21-5-4-15(23)16(24)9-21/h1-5,7-9,24H,6H2,(H,18,20). The van der Waals surface area contributed by atoms with E-state index in [0.29, 0.717) is 11.5 Å². The van der Waals surface area contributed by atoms with E-state index in [0.717, 1.165) is 16.5 Å². The van der Waals surface area contributed by atoms with Gasteiger partial charge in [0.15, 0.2) is 11.5 Å². The molecule has 7 heteroatoms. The number of aromatic amines is 1. The fourth-order valence-electron chi connectivity index (χ4n) is 2.69. The number of hydrogen-bond donors (Lipinski definition) is 2. The molecule has 0 bridgehead atoms. The van der Waals surface area contributed by atoms with Crippen molar-refractivity contribution >= 4 is 28.2 Å². The fourth-order valence-corrected chi connectivity index (χ4v) is 2.69. The highest BCUT2D eigenvalue weighted by Crippen LogP contribution is 2.23. The van der Waals surface area contributed by atoms with Crippen molar-refractivity contribution in [3.8, 4) is 5.75 Å². The monoisotopic (exact) mass is 320 g/mol. The molecule has 2 N–H and O–H groups in total. The van der Waals surface area contributed by atoms with E-state index < -0.39 is 11.2 Å². The number of allylic oxidation sites excluding steroid dienone is 1. The second-order valence-electron chi connectivity index (χ2n) is 5.44. The number of rotatable bonds is 2. The van der Waals surface area contributed by atoms with Crippen LogP contribution in [0.4, 0.5) is 0 Å². The zero-order valence-electron chi connectivity index (χ0n) is 12.4. The third kappa shape index (κ3) is 2.32. The molecule has 0 spiro atoms. The number of nitrogens with one attached hydrogen (secondary N) is 1. The number of hydrogen-bond acceptors (Lipinski definition) is 5. The molecule has 3 aromatic rings. The fraction of sp³-hybridized carbons (Fsp3) is 0.0588. The Morgan fingerprint density at radius 3 is 2.92 bits per heavy atom. The maximum atomic E-state index is 12.1. The van der Waals surface area contributed by atoms with Gasteiger partial charge in [0, 0.05) is 29.3 Å². The summed E-state index contributed by atoms with van der Waals surface area (Å²) in [6, 6.07) is 6.87. The van der Waals surface area contributed by atoms with Gasteiger partial charge in [-0.25, -0.2) is 4.99 Å². The highest BCUT2D eigenvalue weighted by atomic mass is 16.3. The van der Waals surface area contributed by atoms with E-state index in [1.165, 1.54) is 29.1 Å². The number of aromatic nitrogens is 3. The average molecular weight is 320 g/mol. The summed E-state index contributed by atoms with van der Waals surface area (Å²) < 4.78 is 1.45. The molecule has 0 unspecified atom stereocenters. The summed E-state index contributed by atoms with van der Waals surface area (Å²) >= 11 is 0. The van der Waals surface area contributed by atoms with E-state index in [9.17, 15) is 14.7 Å². The number of H-pyrrole nitrogens is 1. The van der Waals surface area contributed by atoms with Gasteiger partial charge in [0.05, 0.1) is 30.0 Å². The SMILES string of the molecule is O=C1C=C(n2ccc(=O)c(O)c2)N=C(c2cccc3[nH]ncc23)C1. The van der Waals surface area contributed by atoms with Crippen molar-refractivity contribution in [2.75, 3.05) is 0 Å². The van der Waals surface area contributed by atoms with Gasteiger partial charge < -0.3 is 9.67 Å². The van der Waals surface area contributed by atoms with Crippen molar-refractivity contribution in [3.63, 3.8) is 0 Å². The second kappa shape index (κ2) is 5.31. The van der Waals surface area contributed by atoms with Gasteiger partial charge in [0.2, 0.25) is 5.43 Å². The zero-order chi connectivity index (χ0) is 16.7. The molecule has 0 aliphatic carbocycles. The first-order valence-corrected chi connectivity index (χ1v) is 7.28. The maximum absolute atomic E-state index is 12.1. The molecule has 0 saturated heterocycles. The summed E-state index contributed by atoms with van der Waals surface area (Å²) in [5.41, 5.74) is 1.81. The van der Waals surface area contributed by atoms with Crippen LogP contribution in [0, 0.1) is 0 Å². The van der Waals surface area contributed by atoms with Crippen LogP contribution in [0.1, 0.15) is 12.0 Å². The minimum Gasteiger partial charge on any atom is -0.503 e. The zero-order valence-corrected chi connectivity index (χ0v) is 12.4. The number of carbonyl (C=O) groups is 1. The molecule has 1 aromatic carbocycles. The number of ketones is 1. The van der Waals surface area contributed by atoms with E-state index >= 15 is 0 Å². The van der Waals surface area contributed by atoms with Crippen LogP contribution < -0.4 is 5.43 Å². The molecule has 24 heavy (non-hydrogen) atoms. The normalized spacial score (nSPS) is 14.6. The van der Waals surface area contributed by atoms with Gasteiger partial charge in [-0.1, -0.05) is 12.1 Å². The van der Waals surface area contributed by atoms with Gasteiger partial charge in [0.1, 0.15) is 5.82 Å². The van der Waals surface area contributed by atoms with Crippen LogP contribution in [0.5, 0.6) is 5.75 Å². The lowest BCUT2D eigenvalue weighted by Crippen LogP contribution is -2.15. The van der Waals surface area contributed by atoms with Crippen LogP contribution in [0.25, 0.3) is 16.7 Å². The predicted molar refractivity (Wildman–Crippen MR) is 88.9 cm³/mol. The summed E-state index contributed by atoms with van der Waals surface area (Å²) in [4.78, 5) is 28.0. The average Bonchev–Trinajstić information content (AvgIpc) is 3.05. The molecule has 0 fully saturated rings. The smallest absolute Gasteiger partial charge is 0.223 e. The van der Waals surface area contributed by atoms with Crippen molar-refractivity contribution in [1.29, 1.82) is 0 Å². The van der Waals surface area contributed by atoms with Gasteiger partial charge >= 0.3 is 0 Å². The quantitative estimate of drug-likeness (QED) is 0.750. The van der Waals surface area contributed by atoms with E-state index in [-0.39, 0.29) is 12.2 Å². The van der Waals surface area contributed by atoms with Gasteiger partial charge in [0.25, 0.3) is 0 Å². The molecule has 0 radical (unpaired) electrons. The summed E-state index contributed by atoms with van der Waals surface area (Å²) in [6.45, 7) is 0. The summed E-state index contributed by atoms with van der Waals surface area (Å²) in [7, 11) is 0. The van der Waals surface area contributed by atoms with E-state index in [2.05, 4.69) is 15.2 Å². The number of fused-ring (bicyclic) bond motifs is 1. The number of carbonyl (C=O) groups excluding carboxylic acids is 1. The Morgan fingerprint density at radius 2 is 2.08 bits per heavy atom. The molecular formula is C17H12N4O3. The molecule has 3 heterocycles. The van der Waals surface area contributed by atoms with E-state index in [4.69, 9.17) is 0 Å². The van der Waals surface area contributed by atoms with Crippen LogP contribution in [0.2, 0.25) is 0 Å². The number of aliphatic imine (C=N–C) groups is 1. The Balaban J connectivity index is 1.85. The summed E-state index contributed by atoms with van der Waals surface area (Å²) in [6.07, 6.45) is 5.97. The number of aromatic hydroxyl groups is 1. The van der Waals surface area contributed by atoms with Crippen molar-refractivity contribution < 1.29 is 9.90 Å². The Hall–Kier alpha value is -3.48. The van der Waals surface area contributed by atoms with Crippen LogP contribution in [-0.2, 0) is 4.79 Å². The van der Waals surface area contributed by atoms with Crippen molar-refractivity contribution in [2.45, 2.75) is 6.42 Å². The Bertz CT molecular complexity index is 1090. The van der Waals surface area contributed by atoms with Gasteiger partial charge in [-0.3, -0.25) is 14.7 Å². The molecular weight excluding hydrogens is 308 g/mol. The third-order valence-electron chi connectivity index (χ3n) is 3.84. The Morgan fingerprint density at radius 1 is 1.21 bits per heavy atom. The molecule has 1 aliphatic heterocycles. The first-order chi connectivity index (χ1) is 11.6. The number of benzene rings is 1. The first kappa shape index (κ1) is 14.1. The lowest BCUT2D eigenvalue weighted by atomic mass is 10.00. The number of pyridine rings is 1. The lowest BCUT2D eigenvalue weighted by molar-refractivity contribution is -0.113. The van der Waals surface area contributed by atoms with Crippen molar-refractivity contribution in [3.05, 3.63) is 64.7 Å². The summed E-state index contributed by atoms with van der Waals surface area (Å²) in [5.74, 6) is -0.157. The van der Waals surface area contributed by atoms with Crippen LogP contribution in [0.3, 0.4) is 0 Å². The molecule has 0 saturated carbocycles. The first-order valence-electron chi connectivity index (χ1n) is 7.28.